The van der Waals surface area contributed by atoms with Crippen molar-refractivity contribution in [2.24, 2.45) is 0 Å². The lowest BCUT2D eigenvalue weighted by molar-refractivity contribution is -0.137. The maximum atomic E-state index is 14.5. The Morgan fingerprint density at radius 1 is 1.28 bits per heavy atom. The SMILES string of the molecule is CC(C)(O)Cc1ncc(-c2nc(N[C@H]3CCN(S(C)(=O)=O)C[C@H]3F)ncc2C(F)(F)F)s1. The molecule has 0 unspecified atom stereocenters. The summed E-state index contributed by atoms with van der Waals surface area (Å²) >= 11 is 0.965. The average molecular weight is 498 g/mol. The van der Waals surface area contributed by atoms with Crippen LogP contribution in [0.25, 0.3) is 10.6 Å². The number of rotatable bonds is 6. The van der Waals surface area contributed by atoms with E-state index in [9.17, 15) is 31.1 Å². The summed E-state index contributed by atoms with van der Waals surface area (Å²) in [4.78, 5) is 11.9. The van der Waals surface area contributed by atoms with Crippen LogP contribution < -0.4 is 5.32 Å². The maximum absolute atomic E-state index is 14.5. The first-order chi connectivity index (χ1) is 14.6. The molecule has 1 aliphatic heterocycles. The number of hydrogen-bond donors (Lipinski definition) is 2. The molecular weight excluding hydrogens is 474 g/mol. The summed E-state index contributed by atoms with van der Waals surface area (Å²) in [7, 11) is -3.54. The zero-order chi connectivity index (χ0) is 23.9. The number of piperidine rings is 1. The molecule has 32 heavy (non-hydrogen) atoms. The number of nitrogens with one attached hydrogen (secondary N) is 1. The monoisotopic (exact) mass is 497 g/mol. The van der Waals surface area contributed by atoms with Crippen LogP contribution in [0.5, 0.6) is 0 Å². The Morgan fingerprint density at radius 2 is 1.97 bits per heavy atom. The Kier molecular flexibility index (Phi) is 6.80. The van der Waals surface area contributed by atoms with Gasteiger partial charge >= 0.3 is 6.18 Å². The highest BCUT2D eigenvalue weighted by Crippen LogP contribution is 2.38. The molecule has 0 aromatic carbocycles. The van der Waals surface area contributed by atoms with Crippen molar-refractivity contribution in [3.05, 3.63) is 23.0 Å². The molecule has 0 amide bonds. The Bertz CT molecular complexity index is 1070. The van der Waals surface area contributed by atoms with Crippen molar-refractivity contribution in [2.75, 3.05) is 24.7 Å². The molecular formula is C18H23F4N5O3S2. The molecule has 0 spiro atoms. The fourth-order valence-corrected chi connectivity index (χ4v) is 5.22. The van der Waals surface area contributed by atoms with E-state index in [2.05, 4.69) is 20.3 Å². The van der Waals surface area contributed by atoms with Gasteiger partial charge in [0.2, 0.25) is 16.0 Å². The van der Waals surface area contributed by atoms with Crippen molar-refractivity contribution in [2.45, 2.75) is 50.7 Å². The summed E-state index contributed by atoms with van der Waals surface area (Å²) in [6.45, 7) is 2.83. The highest BCUT2D eigenvalue weighted by atomic mass is 32.2. The fourth-order valence-electron chi connectivity index (χ4n) is 3.22. The van der Waals surface area contributed by atoms with E-state index in [1.807, 2.05) is 0 Å². The molecule has 8 nitrogen and oxygen atoms in total. The number of hydrogen-bond acceptors (Lipinski definition) is 8. The zero-order valence-electron chi connectivity index (χ0n) is 17.5. The number of anilines is 1. The smallest absolute Gasteiger partial charge is 0.390 e. The van der Waals surface area contributed by atoms with Crippen LogP contribution in [-0.4, -0.2) is 69.9 Å². The molecule has 0 bridgehead atoms. The Labute approximate surface area is 186 Å². The van der Waals surface area contributed by atoms with Gasteiger partial charge in [0, 0.05) is 31.9 Å². The second-order valence-electron chi connectivity index (χ2n) is 8.24. The highest BCUT2D eigenvalue weighted by molar-refractivity contribution is 7.88. The third-order valence-corrected chi connectivity index (χ3v) is 7.03. The van der Waals surface area contributed by atoms with Crippen LogP contribution in [0.4, 0.5) is 23.5 Å². The standard InChI is InChI=1S/C18H23F4N5O3S2/c1-17(2,28)6-14-23-8-13(31-14)15-10(18(20,21)22)7-24-16(26-15)25-12-4-5-27(9-11(12)19)32(3,29)30/h7-8,11-12,28H,4-6,9H2,1-3H3,(H,24,25,26)/t11-,12+/m1/s1. The molecule has 1 saturated heterocycles. The molecule has 2 aromatic rings. The summed E-state index contributed by atoms with van der Waals surface area (Å²) in [5.74, 6) is -0.203. The summed E-state index contributed by atoms with van der Waals surface area (Å²) in [6.07, 6.45) is -3.21. The topological polar surface area (TPSA) is 108 Å². The van der Waals surface area contributed by atoms with Gasteiger partial charge in [-0.1, -0.05) is 0 Å². The van der Waals surface area contributed by atoms with Gasteiger partial charge in [0.25, 0.3) is 0 Å². The zero-order valence-corrected chi connectivity index (χ0v) is 19.2. The van der Waals surface area contributed by atoms with Crippen LogP contribution in [0.1, 0.15) is 30.8 Å². The predicted octanol–water partition coefficient (Wildman–Crippen LogP) is 2.72. The van der Waals surface area contributed by atoms with Crippen molar-refractivity contribution < 1.29 is 31.1 Å². The van der Waals surface area contributed by atoms with Gasteiger partial charge in [0.15, 0.2) is 0 Å². The van der Waals surface area contributed by atoms with Crippen LogP contribution in [0, 0.1) is 0 Å². The molecule has 1 aliphatic rings. The molecule has 1 fully saturated rings. The summed E-state index contributed by atoms with van der Waals surface area (Å²) < 4.78 is 79.4. The van der Waals surface area contributed by atoms with E-state index in [0.717, 1.165) is 21.9 Å². The van der Waals surface area contributed by atoms with E-state index in [1.54, 1.807) is 13.8 Å². The number of nitrogens with zero attached hydrogens (tertiary/aromatic N) is 4. The Balaban J connectivity index is 1.87. The molecule has 2 aromatic heterocycles. The van der Waals surface area contributed by atoms with Gasteiger partial charge in [0.05, 0.1) is 33.5 Å². The lowest BCUT2D eigenvalue weighted by Gasteiger charge is -2.33. The number of halogens is 4. The molecule has 178 valence electrons. The first-order valence-electron chi connectivity index (χ1n) is 9.61. The average Bonchev–Trinajstić information content (AvgIpc) is 3.08. The van der Waals surface area contributed by atoms with Gasteiger partial charge in [0.1, 0.15) is 11.7 Å². The number of aromatic nitrogens is 3. The number of thiazole rings is 1. The van der Waals surface area contributed by atoms with Crippen molar-refractivity contribution >= 4 is 27.3 Å². The van der Waals surface area contributed by atoms with Gasteiger partial charge in [-0.2, -0.15) is 17.5 Å². The van der Waals surface area contributed by atoms with Crippen molar-refractivity contribution in [3.8, 4) is 10.6 Å². The van der Waals surface area contributed by atoms with Crippen LogP contribution in [-0.2, 0) is 22.6 Å². The minimum atomic E-state index is -4.72. The molecule has 14 heteroatoms. The van der Waals surface area contributed by atoms with Crippen molar-refractivity contribution in [1.82, 2.24) is 19.3 Å². The Morgan fingerprint density at radius 3 is 2.53 bits per heavy atom. The molecule has 3 heterocycles. The van der Waals surface area contributed by atoms with E-state index >= 15 is 0 Å². The second kappa shape index (κ2) is 8.80. The van der Waals surface area contributed by atoms with Gasteiger partial charge < -0.3 is 10.4 Å². The first-order valence-corrected chi connectivity index (χ1v) is 12.3. The van der Waals surface area contributed by atoms with Crippen molar-refractivity contribution in [3.63, 3.8) is 0 Å². The van der Waals surface area contributed by atoms with Gasteiger partial charge in [-0.05, 0) is 20.3 Å². The molecule has 2 N–H and O–H groups in total. The number of sulfonamides is 1. The maximum Gasteiger partial charge on any atom is 0.420 e. The first kappa shape index (κ1) is 24.7. The summed E-state index contributed by atoms with van der Waals surface area (Å²) in [5.41, 5.74) is -2.55. The third-order valence-electron chi connectivity index (χ3n) is 4.75. The minimum absolute atomic E-state index is 0.0690. The van der Waals surface area contributed by atoms with E-state index in [4.69, 9.17) is 0 Å². The molecule has 0 radical (unpaired) electrons. The van der Waals surface area contributed by atoms with Crippen molar-refractivity contribution in [1.29, 1.82) is 0 Å². The van der Waals surface area contributed by atoms with Crippen LogP contribution >= 0.6 is 11.3 Å². The lowest BCUT2D eigenvalue weighted by Crippen LogP contribution is -2.49. The fraction of sp³-hybridized carbons (Fsp3) is 0.611. The molecule has 0 aliphatic carbocycles. The summed E-state index contributed by atoms with van der Waals surface area (Å²) in [5, 5.41) is 13.1. The quantitative estimate of drug-likeness (QED) is 0.591. The van der Waals surface area contributed by atoms with E-state index < -0.39 is 45.3 Å². The summed E-state index contributed by atoms with van der Waals surface area (Å²) in [6, 6.07) is -0.857. The number of alkyl halides is 4. The predicted molar refractivity (Wildman–Crippen MR) is 111 cm³/mol. The molecule has 3 rings (SSSR count). The highest BCUT2D eigenvalue weighted by Gasteiger charge is 2.37. The van der Waals surface area contributed by atoms with Crippen LogP contribution in [0.3, 0.4) is 0 Å². The number of aliphatic hydroxyl groups is 1. The minimum Gasteiger partial charge on any atom is -0.390 e. The van der Waals surface area contributed by atoms with Gasteiger partial charge in [-0.25, -0.2) is 27.8 Å². The van der Waals surface area contributed by atoms with Crippen LogP contribution in [0.15, 0.2) is 12.4 Å². The van der Waals surface area contributed by atoms with E-state index in [1.165, 1.54) is 6.20 Å². The van der Waals surface area contributed by atoms with Gasteiger partial charge in [-0.3, -0.25) is 0 Å². The van der Waals surface area contributed by atoms with Crippen LogP contribution in [0.2, 0.25) is 0 Å². The van der Waals surface area contributed by atoms with Gasteiger partial charge in [-0.15, -0.1) is 11.3 Å². The van der Waals surface area contributed by atoms with E-state index in [-0.39, 0.29) is 36.8 Å². The molecule has 2 atom stereocenters. The molecule has 0 saturated carbocycles. The van der Waals surface area contributed by atoms with E-state index in [0.29, 0.717) is 11.2 Å². The Hall–Kier alpha value is -1.90. The lowest BCUT2D eigenvalue weighted by atomic mass is 10.1. The largest absolute Gasteiger partial charge is 0.420 e. The normalized spacial score (nSPS) is 21.0. The third kappa shape index (κ3) is 6.11. The second-order valence-corrected chi connectivity index (χ2v) is 11.3.